The van der Waals surface area contributed by atoms with Crippen LogP contribution in [0.15, 0.2) is 54.9 Å². The number of carbonyl (C=O) groups excluding carboxylic acids is 2. The Morgan fingerprint density at radius 2 is 1.75 bits per heavy atom. The third-order valence-corrected chi connectivity index (χ3v) is 5.20. The number of aryl methyl sites for hydroxylation is 2. The van der Waals surface area contributed by atoms with Crippen molar-refractivity contribution in [2.24, 2.45) is 7.05 Å². The number of rotatable bonds is 7. The van der Waals surface area contributed by atoms with E-state index in [0.29, 0.717) is 23.7 Å². The van der Waals surface area contributed by atoms with E-state index in [1.807, 2.05) is 56.3 Å². The molecular weight excluding hydrogens is 408 g/mol. The molecule has 0 bridgehead atoms. The molecule has 0 aliphatic carbocycles. The average Bonchev–Trinajstić information content (AvgIpc) is 3.35. The van der Waals surface area contributed by atoms with Crippen molar-refractivity contribution in [2.45, 2.75) is 20.4 Å². The molecule has 0 unspecified atom stereocenters. The summed E-state index contributed by atoms with van der Waals surface area (Å²) in [5, 5.41) is 16.0. The zero-order chi connectivity index (χ0) is 22.7. The standard InChI is InChI=1S/C23H24N6O3/c1-4-29-22(23(31)27-19-12-24-28(3)15(19)2)20(13-25-29)26-21(30)14-32-18-10-9-16-7-5-6-8-17(16)11-18/h5-13H,4,14H2,1-3H3,(H,26,30)(H,27,31). The fourth-order valence-corrected chi connectivity index (χ4v) is 3.35. The van der Waals surface area contributed by atoms with Crippen molar-refractivity contribution in [1.29, 1.82) is 0 Å². The van der Waals surface area contributed by atoms with Crippen molar-refractivity contribution < 1.29 is 14.3 Å². The summed E-state index contributed by atoms with van der Waals surface area (Å²) in [4.78, 5) is 25.5. The van der Waals surface area contributed by atoms with Crippen LogP contribution in [0.3, 0.4) is 0 Å². The Labute approximate surface area is 185 Å². The van der Waals surface area contributed by atoms with E-state index in [0.717, 1.165) is 16.5 Å². The van der Waals surface area contributed by atoms with Gasteiger partial charge in [-0.25, -0.2) is 0 Å². The van der Waals surface area contributed by atoms with Crippen molar-refractivity contribution in [3.05, 3.63) is 66.2 Å². The average molecular weight is 432 g/mol. The van der Waals surface area contributed by atoms with Crippen LogP contribution in [0.2, 0.25) is 0 Å². The van der Waals surface area contributed by atoms with E-state index in [9.17, 15) is 9.59 Å². The molecule has 9 heteroatoms. The smallest absolute Gasteiger partial charge is 0.276 e. The molecule has 2 heterocycles. The van der Waals surface area contributed by atoms with Crippen LogP contribution in [0.4, 0.5) is 11.4 Å². The van der Waals surface area contributed by atoms with Gasteiger partial charge in [0.1, 0.15) is 11.4 Å². The highest BCUT2D eigenvalue weighted by atomic mass is 16.5. The minimum absolute atomic E-state index is 0.196. The largest absolute Gasteiger partial charge is 0.484 e. The molecule has 0 fully saturated rings. The quantitative estimate of drug-likeness (QED) is 0.466. The molecule has 0 spiro atoms. The van der Waals surface area contributed by atoms with Crippen LogP contribution in [0.5, 0.6) is 5.75 Å². The maximum absolute atomic E-state index is 12.9. The van der Waals surface area contributed by atoms with Crippen LogP contribution < -0.4 is 15.4 Å². The molecule has 4 rings (SSSR count). The number of carbonyl (C=O) groups is 2. The Morgan fingerprint density at radius 3 is 2.47 bits per heavy atom. The van der Waals surface area contributed by atoms with Gasteiger partial charge in [0.25, 0.3) is 11.8 Å². The van der Waals surface area contributed by atoms with Crippen molar-refractivity contribution in [2.75, 3.05) is 17.2 Å². The summed E-state index contributed by atoms with van der Waals surface area (Å²) in [6, 6.07) is 13.6. The van der Waals surface area contributed by atoms with Gasteiger partial charge in [-0.15, -0.1) is 0 Å². The summed E-state index contributed by atoms with van der Waals surface area (Å²) >= 11 is 0. The predicted octanol–water partition coefficient (Wildman–Crippen LogP) is 3.37. The van der Waals surface area contributed by atoms with Gasteiger partial charge in [0, 0.05) is 13.6 Å². The molecule has 2 aromatic heterocycles. The topological polar surface area (TPSA) is 103 Å². The minimum atomic E-state index is -0.388. The van der Waals surface area contributed by atoms with Gasteiger partial charge >= 0.3 is 0 Å². The first-order valence-electron chi connectivity index (χ1n) is 10.2. The van der Waals surface area contributed by atoms with Crippen molar-refractivity contribution in [1.82, 2.24) is 19.6 Å². The Kier molecular flexibility index (Phi) is 5.89. The van der Waals surface area contributed by atoms with Crippen LogP contribution in [0, 0.1) is 6.92 Å². The van der Waals surface area contributed by atoms with Crippen LogP contribution in [-0.2, 0) is 18.4 Å². The monoisotopic (exact) mass is 432 g/mol. The Bertz CT molecular complexity index is 1290. The van der Waals surface area contributed by atoms with Gasteiger partial charge in [-0.05, 0) is 36.8 Å². The van der Waals surface area contributed by atoms with E-state index in [2.05, 4.69) is 20.8 Å². The Morgan fingerprint density at radius 1 is 1.00 bits per heavy atom. The van der Waals surface area contributed by atoms with Crippen LogP contribution in [-0.4, -0.2) is 38.0 Å². The lowest BCUT2D eigenvalue weighted by Gasteiger charge is -2.11. The second kappa shape index (κ2) is 8.93. The summed E-state index contributed by atoms with van der Waals surface area (Å²) in [6.45, 7) is 4.00. The number of aromatic nitrogens is 4. The molecule has 0 saturated carbocycles. The van der Waals surface area contributed by atoms with Crippen molar-refractivity contribution >= 4 is 34.0 Å². The van der Waals surface area contributed by atoms with Crippen LogP contribution in [0.1, 0.15) is 23.1 Å². The predicted molar refractivity (Wildman–Crippen MR) is 122 cm³/mol. The third-order valence-electron chi connectivity index (χ3n) is 5.20. The second-order valence-corrected chi connectivity index (χ2v) is 7.29. The van der Waals surface area contributed by atoms with Gasteiger partial charge < -0.3 is 15.4 Å². The van der Waals surface area contributed by atoms with E-state index >= 15 is 0 Å². The number of hydrogen-bond donors (Lipinski definition) is 2. The molecule has 0 saturated heterocycles. The lowest BCUT2D eigenvalue weighted by atomic mass is 10.1. The Hall–Kier alpha value is -4.14. The van der Waals surface area contributed by atoms with Gasteiger partial charge in [0.15, 0.2) is 6.61 Å². The summed E-state index contributed by atoms with van der Waals surface area (Å²) in [6.07, 6.45) is 3.04. The number of nitrogens with one attached hydrogen (secondary N) is 2. The van der Waals surface area contributed by atoms with Crippen molar-refractivity contribution in [3.8, 4) is 5.75 Å². The van der Waals surface area contributed by atoms with E-state index in [-0.39, 0.29) is 24.1 Å². The number of fused-ring (bicyclic) bond motifs is 1. The molecule has 164 valence electrons. The maximum Gasteiger partial charge on any atom is 0.276 e. The highest BCUT2D eigenvalue weighted by molar-refractivity contribution is 6.09. The third kappa shape index (κ3) is 4.31. The van der Waals surface area contributed by atoms with Crippen molar-refractivity contribution in [3.63, 3.8) is 0 Å². The number of amides is 2. The molecule has 0 atom stereocenters. The molecule has 0 aliphatic rings. The molecule has 9 nitrogen and oxygen atoms in total. The normalized spacial score (nSPS) is 10.8. The summed E-state index contributed by atoms with van der Waals surface area (Å²) in [5.41, 5.74) is 1.99. The zero-order valence-electron chi connectivity index (χ0n) is 18.1. The number of nitrogens with zero attached hydrogens (tertiary/aromatic N) is 4. The molecule has 2 N–H and O–H groups in total. The van der Waals surface area contributed by atoms with Gasteiger partial charge in [0.2, 0.25) is 0 Å². The first-order valence-corrected chi connectivity index (χ1v) is 10.2. The van der Waals surface area contributed by atoms with E-state index < -0.39 is 0 Å². The molecule has 32 heavy (non-hydrogen) atoms. The minimum Gasteiger partial charge on any atom is -0.484 e. The first kappa shape index (κ1) is 21.1. The number of anilines is 2. The molecule has 2 amide bonds. The van der Waals surface area contributed by atoms with E-state index in [4.69, 9.17) is 4.74 Å². The van der Waals surface area contributed by atoms with Gasteiger partial charge in [0.05, 0.1) is 29.5 Å². The zero-order valence-corrected chi connectivity index (χ0v) is 18.1. The first-order chi connectivity index (χ1) is 15.5. The molecular formula is C23H24N6O3. The summed E-state index contributed by atoms with van der Waals surface area (Å²) in [5.74, 6) is -0.181. The van der Waals surface area contributed by atoms with Gasteiger partial charge in [-0.3, -0.25) is 19.0 Å². The SMILES string of the molecule is CCn1ncc(NC(=O)COc2ccc3ccccc3c2)c1C(=O)Nc1cnn(C)c1C. The lowest BCUT2D eigenvalue weighted by Crippen LogP contribution is -2.24. The van der Waals surface area contributed by atoms with E-state index in [1.54, 1.807) is 17.9 Å². The lowest BCUT2D eigenvalue weighted by molar-refractivity contribution is -0.118. The molecule has 2 aromatic carbocycles. The summed E-state index contributed by atoms with van der Waals surface area (Å²) in [7, 11) is 1.79. The van der Waals surface area contributed by atoms with Crippen LogP contribution >= 0.6 is 0 Å². The maximum atomic E-state index is 12.9. The fraction of sp³-hybridized carbons (Fsp3) is 0.217. The van der Waals surface area contributed by atoms with Gasteiger partial charge in [-0.2, -0.15) is 10.2 Å². The number of benzene rings is 2. The van der Waals surface area contributed by atoms with Crippen LogP contribution in [0.25, 0.3) is 10.8 Å². The molecule has 0 radical (unpaired) electrons. The summed E-state index contributed by atoms with van der Waals surface area (Å²) < 4.78 is 8.84. The number of ether oxygens (including phenoxy) is 1. The highest BCUT2D eigenvalue weighted by Crippen LogP contribution is 2.22. The van der Waals surface area contributed by atoms with Gasteiger partial charge in [-0.1, -0.05) is 30.3 Å². The molecule has 0 aliphatic heterocycles. The Balaban J connectivity index is 1.45. The van der Waals surface area contributed by atoms with E-state index in [1.165, 1.54) is 10.9 Å². The second-order valence-electron chi connectivity index (χ2n) is 7.29. The molecule has 4 aromatic rings. The number of hydrogen-bond acceptors (Lipinski definition) is 5. The fourth-order valence-electron chi connectivity index (χ4n) is 3.35. The highest BCUT2D eigenvalue weighted by Gasteiger charge is 2.21.